The van der Waals surface area contributed by atoms with Crippen LogP contribution in [0.1, 0.15) is 11.1 Å². The number of halogens is 1. The topological polar surface area (TPSA) is 74.4 Å². The lowest BCUT2D eigenvalue weighted by atomic mass is 10.1. The molecule has 0 saturated carbocycles. The molecular weight excluding hydrogens is 449 g/mol. The number of ether oxygens (including phenoxy) is 1. The number of hydrogen-bond donors (Lipinski definition) is 2. The normalized spacial score (nSPS) is 15.1. The van der Waals surface area contributed by atoms with E-state index >= 15 is 0 Å². The van der Waals surface area contributed by atoms with Crippen molar-refractivity contribution in [2.24, 2.45) is 0 Å². The van der Waals surface area contributed by atoms with Gasteiger partial charge in [0.2, 0.25) is 5.91 Å². The van der Waals surface area contributed by atoms with Gasteiger partial charge in [-0.05, 0) is 54.0 Å². The average Bonchev–Trinajstić information content (AvgIpc) is 3.30. The van der Waals surface area contributed by atoms with Crippen LogP contribution in [0.2, 0.25) is 0 Å². The third-order valence-electron chi connectivity index (χ3n) is 5.03. The monoisotopic (exact) mass is 469 g/mol. The van der Waals surface area contributed by atoms with Crippen LogP contribution in [0.5, 0.6) is 5.75 Å². The molecule has 0 spiro atoms. The summed E-state index contributed by atoms with van der Waals surface area (Å²) >= 11 is 6.40. The fraction of sp³-hybridized carbons (Fsp3) is 0.174. The summed E-state index contributed by atoms with van der Waals surface area (Å²) < 4.78 is 18.7. The molecule has 1 aliphatic rings. The third-order valence-corrected chi connectivity index (χ3v) is 6.41. The highest BCUT2D eigenvalue weighted by atomic mass is 32.2. The van der Waals surface area contributed by atoms with Crippen molar-refractivity contribution in [2.45, 2.75) is 6.42 Å². The van der Waals surface area contributed by atoms with Crippen molar-refractivity contribution in [2.75, 3.05) is 20.2 Å². The Balaban J connectivity index is 1.33. The van der Waals surface area contributed by atoms with Gasteiger partial charge in [-0.1, -0.05) is 36.1 Å². The zero-order valence-electron chi connectivity index (χ0n) is 17.2. The van der Waals surface area contributed by atoms with Crippen molar-refractivity contribution >= 4 is 57.1 Å². The van der Waals surface area contributed by atoms with Crippen molar-refractivity contribution in [3.05, 3.63) is 70.5 Å². The number of methoxy groups -OCH3 is 1. The molecule has 164 valence electrons. The Morgan fingerprint density at radius 1 is 1.28 bits per heavy atom. The molecule has 2 heterocycles. The highest BCUT2D eigenvalue weighted by molar-refractivity contribution is 8.26. The van der Waals surface area contributed by atoms with Crippen molar-refractivity contribution in [3.8, 4) is 5.75 Å². The summed E-state index contributed by atoms with van der Waals surface area (Å²) in [5, 5.41) is 3.89. The van der Waals surface area contributed by atoms with E-state index in [9.17, 15) is 14.0 Å². The summed E-state index contributed by atoms with van der Waals surface area (Å²) in [4.78, 5) is 30.0. The van der Waals surface area contributed by atoms with Gasteiger partial charge in [-0.15, -0.1) is 0 Å². The first-order valence-electron chi connectivity index (χ1n) is 9.86. The molecule has 0 bridgehead atoms. The molecule has 3 aromatic rings. The fourth-order valence-electron chi connectivity index (χ4n) is 3.37. The third kappa shape index (κ3) is 4.84. The van der Waals surface area contributed by atoms with Crippen molar-refractivity contribution in [1.82, 2.24) is 15.2 Å². The van der Waals surface area contributed by atoms with Gasteiger partial charge < -0.3 is 15.0 Å². The number of thioether (sulfide) groups is 1. The van der Waals surface area contributed by atoms with E-state index in [1.54, 1.807) is 25.3 Å². The number of H-pyrrole nitrogens is 1. The number of benzene rings is 2. The number of carbonyl (C=O) groups is 2. The zero-order chi connectivity index (χ0) is 22.7. The quantitative estimate of drug-likeness (QED) is 0.406. The van der Waals surface area contributed by atoms with Crippen LogP contribution in [0.3, 0.4) is 0 Å². The van der Waals surface area contributed by atoms with Crippen LogP contribution < -0.4 is 10.1 Å². The maximum Gasteiger partial charge on any atom is 0.266 e. The summed E-state index contributed by atoms with van der Waals surface area (Å²) in [6.07, 6.45) is 4.18. The van der Waals surface area contributed by atoms with E-state index < -0.39 is 0 Å². The summed E-state index contributed by atoms with van der Waals surface area (Å²) in [7, 11) is 1.62. The average molecular weight is 470 g/mol. The molecule has 32 heavy (non-hydrogen) atoms. The number of amides is 2. The minimum atomic E-state index is -0.349. The molecule has 0 aliphatic carbocycles. The Morgan fingerprint density at radius 3 is 2.81 bits per heavy atom. The molecule has 2 amide bonds. The maximum atomic E-state index is 13.1. The van der Waals surface area contributed by atoms with E-state index in [2.05, 4.69) is 10.3 Å². The lowest BCUT2D eigenvalue weighted by Crippen LogP contribution is -2.40. The standard InChI is InChI=1S/C23H20FN3O3S2/c1-30-17-6-7-19-18(11-17)15(12-26-19)8-9-25-21(28)13-27-22(29)20(32-23(27)31)10-14-2-4-16(24)5-3-14/h2-7,10-12,26H,8-9,13H2,1H3,(H,25,28)/b20-10-. The summed E-state index contributed by atoms with van der Waals surface area (Å²) in [5.41, 5.74) is 2.75. The lowest BCUT2D eigenvalue weighted by molar-refractivity contribution is -0.128. The number of nitrogens with zero attached hydrogens (tertiary/aromatic N) is 1. The molecule has 0 atom stereocenters. The van der Waals surface area contributed by atoms with E-state index in [-0.39, 0.29) is 24.2 Å². The van der Waals surface area contributed by atoms with E-state index in [0.717, 1.165) is 34.0 Å². The number of thiocarbonyl (C=S) groups is 1. The molecule has 2 aromatic carbocycles. The minimum absolute atomic E-state index is 0.146. The smallest absolute Gasteiger partial charge is 0.266 e. The number of carbonyl (C=O) groups excluding carboxylic acids is 2. The molecule has 0 radical (unpaired) electrons. The second-order valence-corrected chi connectivity index (χ2v) is 8.82. The van der Waals surface area contributed by atoms with Gasteiger partial charge in [-0.25, -0.2) is 4.39 Å². The molecule has 9 heteroatoms. The van der Waals surface area contributed by atoms with E-state index in [1.807, 2.05) is 24.4 Å². The maximum absolute atomic E-state index is 13.1. The summed E-state index contributed by atoms with van der Waals surface area (Å²) in [5.74, 6) is -0.200. The molecule has 1 aromatic heterocycles. The molecular formula is C23H20FN3O3S2. The van der Waals surface area contributed by atoms with Crippen LogP contribution in [0, 0.1) is 5.82 Å². The van der Waals surface area contributed by atoms with E-state index in [1.165, 1.54) is 17.0 Å². The van der Waals surface area contributed by atoms with Crippen LogP contribution in [0.25, 0.3) is 17.0 Å². The van der Waals surface area contributed by atoms with Gasteiger partial charge in [-0.2, -0.15) is 0 Å². The summed E-state index contributed by atoms with van der Waals surface area (Å²) in [6.45, 7) is 0.274. The molecule has 1 saturated heterocycles. The van der Waals surface area contributed by atoms with Crippen LogP contribution in [0.15, 0.2) is 53.6 Å². The van der Waals surface area contributed by atoms with Gasteiger partial charge in [0.05, 0.1) is 12.0 Å². The Morgan fingerprint density at radius 2 is 2.06 bits per heavy atom. The second-order valence-electron chi connectivity index (χ2n) is 7.14. The van der Waals surface area contributed by atoms with Crippen molar-refractivity contribution in [3.63, 3.8) is 0 Å². The van der Waals surface area contributed by atoms with E-state index in [0.29, 0.717) is 27.8 Å². The van der Waals surface area contributed by atoms with Gasteiger partial charge in [0.15, 0.2) is 0 Å². The second kappa shape index (κ2) is 9.54. The first kappa shape index (κ1) is 22.0. The van der Waals surface area contributed by atoms with Gasteiger partial charge in [0, 0.05) is 23.6 Å². The molecule has 4 rings (SSSR count). The van der Waals surface area contributed by atoms with E-state index in [4.69, 9.17) is 17.0 Å². The van der Waals surface area contributed by atoms with Crippen molar-refractivity contribution < 1.29 is 18.7 Å². The highest BCUT2D eigenvalue weighted by Gasteiger charge is 2.33. The highest BCUT2D eigenvalue weighted by Crippen LogP contribution is 2.32. The Bertz CT molecular complexity index is 1220. The Labute approximate surface area is 193 Å². The molecule has 1 aliphatic heterocycles. The first-order chi connectivity index (χ1) is 15.4. The molecule has 1 fully saturated rings. The van der Waals surface area contributed by atoms with Gasteiger partial charge >= 0.3 is 0 Å². The van der Waals surface area contributed by atoms with Crippen molar-refractivity contribution in [1.29, 1.82) is 0 Å². The number of aromatic amines is 1. The van der Waals surface area contributed by atoms with Gasteiger partial charge in [0.25, 0.3) is 5.91 Å². The molecule has 0 unspecified atom stereocenters. The first-order valence-corrected chi connectivity index (χ1v) is 11.1. The van der Waals surface area contributed by atoms with Crippen LogP contribution in [-0.2, 0) is 16.0 Å². The predicted molar refractivity (Wildman–Crippen MR) is 128 cm³/mol. The van der Waals surface area contributed by atoms with Gasteiger partial charge in [0.1, 0.15) is 22.4 Å². The number of rotatable bonds is 7. The number of aromatic nitrogens is 1. The van der Waals surface area contributed by atoms with Crippen LogP contribution >= 0.6 is 24.0 Å². The predicted octanol–water partition coefficient (Wildman–Crippen LogP) is 3.88. The van der Waals surface area contributed by atoms with Crippen LogP contribution in [-0.4, -0.2) is 46.2 Å². The number of nitrogens with one attached hydrogen (secondary N) is 2. The fourth-order valence-corrected chi connectivity index (χ4v) is 4.63. The number of hydrogen-bond acceptors (Lipinski definition) is 5. The SMILES string of the molecule is COc1ccc2[nH]cc(CCNC(=O)CN3C(=O)/C(=C/c4ccc(F)cc4)SC3=S)c2c1. The Hall–Kier alpha value is -3.17. The lowest BCUT2D eigenvalue weighted by Gasteiger charge is -2.14. The molecule has 2 N–H and O–H groups in total. The van der Waals surface area contributed by atoms with Gasteiger partial charge in [-0.3, -0.25) is 14.5 Å². The zero-order valence-corrected chi connectivity index (χ0v) is 18.8. The Kier molecular flexibility index (Phi) is 6.57. The minimum Gasteiger partial charge on any atom is -0.497 e. The van der Waals surface area contributed by atoms with Crippen LogP contribution in [0.4, 0.5) is 4.39 Å². The summed E-state index contributed by atoms with van der Waals surface area (Å²) in [6, 6.07) is 11.6. The molecule has 6 nitrogen and oxygen atoms in total. The largest absolute Gasteiger partial charge is 0.497 e. The number of fused-ring (bicyclic) bond motifs is 1.